The van der Waals surface area contributed by atoms with E-state index >= 15 is 0 Å². The van der Waals surface area contributed by atoms with Gasteiger partial charge in [0.2, 0.25) is 0 Å². The van der Waals surface area contributed by atoms with Crippen molar-refractivity contribution in [3.05, 3.63) is 29.3 Å². The van der Waals surface area contributed by atoms with Crippen molar-refractivity contribution in [3.8, 4) is 5.75 Å². The van der Waals surface area contributed by atoms with Crippen LogP contribution < -0.4 is 10.1 Å². The average Bonchev–Trinajstić information content (AvgIpc) is 2.51. The summed E-state index contributed by atoms with van der Waals surface area (Å²) in [5, 5.41) is 2.75. The summed E-state index contributed by atoms with van der Waals surface area (Å²) in [5.41, 5.74) is 1.56. The van der Waals surface area contributed by atoms with Gasteiger partial charge in [0.05, 0.1) is 17.5 Å². The Balaban J connectivity index is 2.31. The van der Waals surface area contributed by atoms with Crippen molar-refractivity contribution in [2.75, 3.05) is 13.2 Å². The van der Waals surface area contributed by atoms with Crippen molar-refractivity contribution in [1.29, 1.82) is 0 Å². The van der Waals surface area contributed by atoms with E-state index in [9.17, 15) is 4.79 Å². The molecule has 1 aromatic carbocycles. The molecular formula is C13H16ClNO2. The van der Waals surface area contributed by atoms with Crippen LogP contribution in [0.5, 0.6) is 5.75 Å². The average molecular weight is 254 g/mol. The molecular weight excluding hydrogens is 238 g/mol. The van der Waals surface area contributed by atoms with Gasteiger partial charge in [0.1, 0.15) is 12.4 Å². The molecule has 0 aromatic heterocycles. The molecule has 0 aliphatic carbocycles. The van der Waals surface area contributed by atoms with Crippen LogP contribution in [0, 0.1) is 0 Å². The van der Waals surface area contributed by atoms with Crippen molar-refractivity contribution in [3.63, 3.8) is 0 Å². The first kappa shape index (κ1) is 12.2. The first-order chi connectivity index (χ1) is 8.22. The normalized spacial score (nSPS) is 16.5. The van der Waals surface area contributed by atoms with Gasteiger partial charge in [-0.15, -0.1) is 11.6 Å². The fourth-order valence-electron chi connectivity index (χ4n) is 1.89. The number of halogens is 1. The second kappa shape index (κ2) is 5.41. The topological polar surface area (TPSA) is 38.3 Å². The number of hydrogen-bond acceptors (Lipinski definition) is 2. The van der Waals surface area contributed by atoms with E-state index in [2.05, 4.69) is 12.2 Å². The highest BCUT2D eigenvalue weighted by Gasteiger charge is 2.18. The molecule has 0 saturated heterocycles. The maximum Gasteiger partial charge on any atom is 0.255 e. The van der Waals surface area contributed by atoms with E-state index < -0.39 is 0 Å². The number of nitrogens with one attached hydrogen (secondary N) is 1. The van der Waals surface area contributed by atoms with E-state index in [0.29, 0.717) is 24.5 Å². The van der Waals surface area contributed by atoms with Crippen LogP contribution in [-0.2, 0) is 0 Å². The number of rotatable bonds is 3. The lowest BCUT2D eigenvalue weighted by molar-refractivity contribution is 0.0957. The van der Waals surface area contributed by atoms with Gasteiger partial charge in [0.15, 0.2) is 0 Å². The van der Waals surface area contributed by atoms with E-state index in [1.54, 1.807) is 0 Å². The Hall–Kier alpha value is -1.22. The number of amides is 1. The summed E-state index contributed by atoms with van der Waals surface area (Å²) in [6.07, 6.45) is 1.93. The minimum atomic E-state index is -0.0836. The summed E-state index contributed by atoms with van der Waals surface area (Å²) in [6, 6.07) is 5.61. The molecule has 1 aliphatic heterocycles. The minimum absolute atomic E-state index is 0.0404. The molecule has 0 spiro atoms. The first-order valence-corrected chi connectivity index (χ1v) is 6.35. The monoisotopic (exact) mass is 253 g/mol. The van der Waals surface area contributed by atoms with Crippen LogP contribution in [0.1, 0.15) is 41.1 Å². The highest BCUT2D eigenvalue weighted by Crippen LogP contribution is 2.30. The number of fused-ring (bicyclic) bond motifs is 1. The summed E-state index contributed by atoms with van der Waals surface area (Å²) < 4.78 is 5.49. The Labute approximate surface area is 106 Å². The first-order valence-electron chi connectivity index (χ1n) is 5.91. The Bertz CT molecular complexity index is 420. The van der Waals surface area contributed by atoms with Crippen molar-refractivity contribution < 1.29 is 9.53 Å². The number of alkyl halides is 1. The fourth-order valence-corrected chi connectivity index (χ4v) is 2.24. The van der Waals surface area contributed by atoms with E-state index in [1.807, 2.05) is 18.2 Å². The third-order valence-corrected chi connectivity index (χ3v) is 3.27. The molecule has 3 nitrogen and oxygen atoms in total. The molecule has 17 heavy (non-hydrogen) atoms. The lowest BCUT2D eigenvalue weighted by atomic mass is 10.0. The van der Waals surface area contributed by atoms with Gasteiger partial charge in [0.25, 0.3) is 5.91 Å². The predicted octanol–water partition coefficient (Wildman–Crippen LogP) is 2.89. The number of carbonyl (C=O) groups excluding carboxylic acids is 1. The third kappa shape index (κ3) is 2.72. The molecule has 1 amide bonds. The maximum atomic E-state index is 11.8. The molecule has 1 atom stereocenters. The predicted molar refractivity (Wildman–Crippen MR) is 67.8 cm³/mol. The van der Waals surface area contributed by atoms with Gasteiger partial charge in [-0.3, -0.25) is 4.79 Å². The minimum Gasteiger partial charge on any atom is -0.491 e. The van der Waals surface area contributed by atoms with Crippen LogP contribution in [0.2, 0.25) is 0 Å². The number of carbonyl (C=O) groups is 1. The molecule has 1 N–H and O–H groups in total. The lowest BCUT2D eigenvalue weighted by Crippen LogP contribution is -2.24. The van der Waals surface area contributed by atoms with Crippen LogP contribution in [0.25, 0.3) is 0 Å². The molecule has 1 heterocycles. The molecule has 1 unspecified atom stereocenters. The zero-order valence-corrected chi connectivity index (χ0v) is 10.6. The molecule has 1 aliphatic rings. The molecule has 0 saturated carbocycles. The Kier molecular flexibility index (Phi) is 3.89. The van der Waals surface area contributed by atoms with Crippen molar-refractivity contribution in [2.45, 2.75) is 25.1 Å². The van der Waals surface area contributed by atoms with Gasteiger partial charge < -0.3 is 10.1 Å². The van der Waals surface area contributed by atoms with Gasteiger partial charge in [-0.05, 0) is 24.1 Å². The zero-order valence-electron chi connectivity index (χ0n) is 9.83. The molecule has 0 bridgehead atoms. The summed E-state index contributed by atoms with van der Waals surface area (Å²) >= 11 is 6.26. The van der Waals surface area contributed by atoms with Crippen LogP contribution in [0.15, 0.2) is 18.2 Å². The number of hydrogen-bond donors (Lipinski definition) is 1. The largest absolute Gasteiger partial charge is 0.491 e. The summed E-state index contributed by atoms with van der Waals surface area (Å²) in [6.45, 7) is 3.15. The van der Waals surface area contributed by atoms with Crippen molar-refractivity contribution >= 4 is 17.5 Å². The summed E-state index contributed by atoms with van der Waals surface area (Å²) in [7, 11) is 0. The van der Waals surface area contributed by atoms with Crippen LogP contribution in [-0.4, -0.2) is 19.1 Å². The molecule has 2 rings (SSSR count). The number of benzene rings is 1. The molecule has 0 radical (unpaired) electrons. The quantitative estimate of drug-likeness (QED) is 0.842. The Morgan fingerprint density at radius 1 is 1.53 bits per heavy atom. The standard InChI is InChI=1S/C13H16ClNO2/c1-2-3-11(14)9-4-5-12-10(8-9)13(16)15-6-7-17-12/h4-5,8,11H,2-3,6-7H2,1H3,(H,15,16). The zero-order chi connectivity index (χ0) is 12.3. The fraction of sp³-hybridized carbons (Fsp3) is 0.462. The molecule has 4 heteroatoms. The third-order valence-electron chi connectivity index (χ3n) is 2.80. The van der Waals surface area contributed by atoms with E-state index in [-0.39, 0.29) is 11.3 Å². The molecule has 0 fully saturated rings. The van der Waals surface area contributed by atoms with E-state index in [4.69, 9.17) is 16.3 Å². The second-order valence-corrected chi connectivity index (χ2v) is 4.64. The van der Waals surface area contributed by atoms with Crippen LogP contribution in [0.4, 0.5) is 0 Å². The highest BCUT2D eigenvalue weighted by molar-refractivity contribution is 6.20. The van der Waals surface area contributed by atoms with Gasteiger partial charge in [0, 0.05) is 0 Å². The molecule has 92 valence electrons. The van der Waals surface area contributed by atoms with Crippen LogP contribution >= 0.6 is 11.6 Å². The van der Waals surface area contributed by atoms with E-state index in [0.717, 1.165) is 18.4 Å². The maximum absolute atomic E-state index is 11.8. The van der Waals surface area contributed by atoms with Gasteiger partial charge >= 0.3 is 0 Å². The summed E-state index contributed by atoms with van der Waals surface area (Å²) in [5.74, 6) is 0.559. The van der Waals surface area contributed by atoms with Crippen LogP contribution in [0.3, 0.4) is 0 Å². The number of ether oxygens (including phenoxy) is 1. The Morgan fingerprint density at radius 3 is 3.12 bits per heavy atom. The highest BCUT2D eigenvalue weighted by atomic mass is 35.5. The lowest BCUT2D eigenvalue weighted by Gasteiger charge is -2.11. The van der Waals surface area contributed by atoms with E-state index in [1.165, 1.54) is 0 Å². The Morgan fingerprint density at radius 2 is 2.35 bits per heavy atom. The smallest absolute Gasteiger partial charge is 0.255 e. The SMILES string of the molecule is CCCC(Cl)c1ccc2c(c1)C(=O)NCCO2. The van der Waals surface area contributed by atoms with Gasteiger partial charge in [-0.25, -0.2) is 0 Å². The van der Waals surface area contributed by atoms with Gasteiger partial charge in [-0.2, -0.15) is 0 Å². The summed E-state index contributed by atoms with van der Waals surface area (Å²) in [4.78, 5) is 11.8. The molecule has 1 aromatic rings. The van der Waals surface area contributed by atoms with Gasteiger partial charge in [-0.1, -0.05) is 19.4 Å². The van der Waals surface area contributed by atoms with Crippen molar-refractivity contribution in [2.24, 2.45) is 0 Å². The van der Waals surface area contributed by atoms with Crippen molar-refractivity contribution in [1.82, 2.24) is 5.32 Å². The second-order valence-electron chi connectivity index (χ2n) is 4.12.